The van der Waals surface area contributed by atoms with Gasteiger partial charge in [-0.1, -0.05) is 38.1 Å². The van der Waals surface area contributed by atoms with Crippen LogP contribution in [0, 0.1) is 5.82 Å². The van der Waals surface area contributed by atoms with Crippen molar-refractivity contribution < 1.29 is 18.4 Å². The molecule has 0 amide bonds. The van der Waals surface area contributed by atoms with Crippen LogP contribution in [0.1, 0.15) is 51.1 Å². The normalized spacial score (nSPS) is 13.0. The predicted octanol–water partition coefficient (Wildman–Crippen LogP) is 3.35. The van der Waals surface area contributed by atoms with Crippen LogP contribution in [0.15, 0.2) is 28.8 Å². The van der Waals surface area contributed by atoms with Gasteiger partial charge in [0.1, 0.15) is 5.82 Å². The van der Waals surface area contributed by atoms with E-state index in [1.807, 2.05) is 20.8 Å². The molecular weight excluding hydrogens is 287 g/mol. The minimum Gasteiger partial charge on any atom is -0.452 e. The molecule has 0 radical (unpaired) electrons. The molecule has 0 spiro atoms. The maximum absolute atomic E-state index is 12.8. The van der Waals surface area contributed by atoms with E-state index >= 15 is 0 Å². The van der Waals surface area contributed by atoms with E-state index in [2.05, 4.69) is 10.1 Å². The number of hydrogen-bond donors (Lipinski definition) is 0. The van der Waals surface area contributed by atoms with E-state index in [-0.39, 0.29) is 23.5 Å². The smallest absolute Gasteiger partial charge is 0.311 e. The van der Waals surface area contributed by atoms with E-state index in [9.17, 15) is 9.18 Å². The first-order valence-corrected chi connectivity index (χ1v) is 7.03. The summed E-state index contributed by atoms with van der Waals surface area (Å²) < 4.78 is 23.2. The van der Waals surface area contributed by atoms with E-state index in [1.165, 1.54) is 12.1 Å². The van der Waals surface area contributed by atoms with Crippen LogP contribution in [0.4, 0.5) is 4.39 Å². The second-order valence-electron chi connectivity index (χ2n) is 6.14. The maximum Gasteiger partial charge on any atom is 0.311 e. The number of nitrogens with zero attached hydrogens (tertiary/aromatic N) is 2. The van der Waals surface area contributed by atoms with Gasteiger partial charge < -0.3 is 9.26 Å². The van der Waals surface area contributed by atoms with E-state index in [0.717, 1.165) is 0 Å². The average molecular weight is 306 g/mol. The Labute approximate surface area is 128 Å². The van der Waals surface area contributed by atoms with Gasteiger partial charge in [0.25, 0.3) is 5.89 Å². The molecule has 1 atom stereocenters. The van der Waals surface area contributed by atoms with E-state index in [1.54, 1.807) is 19.1 Å². The number of hydrogen-bond acceptors (Lipinski definition) is 5. The number of rotatable bonds is 4. The fraction of sp³-hybridized carbons (Fsp3) is 0.438. The van der Waals surface area contributed by atoms with Crippen LogP contribution < -0.4 is 0 Å². The molecule has 118 valence electrons. The number of aromatic nitrogens is 2. The summed E-state index contributed by atoms with van der Waals surface area (Å²) in [5, 5.41) is 3.89. The summed E-state index contributed by atoms with van der Waals surface area (Å²) in [5.74, 6) is 0.0435. The van der Waals surface area contributed by atoms with Crippen LogP contribution >= 0.6 is 0 Å². The summed E-state index contributed by atoms with van der Waals surface area (Å²) in [7, 11) is 0. The lowest BCUT2D eigenvalue weighted by Crippen LogP contribution is -2.14. The molecule has 0 aliphatic heterocycles. The fourth-order valence-electron chi connectivity index (χ4n) is 1.76. The van der Waals surface area contributed by atoms with Crippen LogP contribution in [0.25, 0.3) is 0 Å². The van der Waals surface area contributed by atoms with Crippen molar-refractivity contribution in [1.29, 1.82) is 0 Å². The van der Waals surface area contributed by atoms with Gasteiger partial charge >= 0.3 is 5.97 Å². The van der Waals surface area contributed by atoms with Gasteiger partial charge in [0.05, 0.1) is 6.42 Å². The molecule has 0 aliphatic carbocycles. The number of esters is 1. The predicted molar refractivity (Wildman–Crippen MR) is 77.6 cm³/mol. The summed E-state index contributed by atoms with van der Waals surface area (Å²) in [4.78, 5) is 16.1. The van der Waals surface area contributed by atoms with Gasteiger partial charge in [-0.15, -0.1) is 0 Å². The third-order valence-electron chi connectivity index (χ3n) is 3.03. The zero-order valence-corrected chi connectivity index (χ0v) is 13.1. The number of benzene rings is 1. The zero-order valence-electron chi connectivity index (χ0n) is 13.1. The molecule has 2 aromatic rings. The lowest BCUT2D eigenvalue weighted by atomic mass is 9.96. The van der Waals surface area contributed by atoms with Crippen LogP contribution in [0.3, 0.4) is 0 Å². The molecule has 1 unspecified atom stereocenters. The highest BCUT2D eigenvalue weighted by molar-refractivity contribution is 5.72. The molecule has 0 fully saturated rings. The maximum atomic E-state index is 12.8. The van der Waals surface area contributed by atoms with E-state index < -0.39 is 12.1 Å². The first kappa shape index (κ1) is 16.1. The minimum absolute atomic E-state index is 0.0604. The Bertz CT molecular complexity index is 644. The van der Waals surface area contributed by atoms with Crippen molar-refractivity contribution in [1.82, 2.24) is 10.1 Å². The monoisotopic (exact) mass is 306 g/mol. The Hall–Kier alpha value is -2.24. The van der Waals surface area contributed by atoms with Crippen molar-refractivity contribution in [3.8, 4) is 0 Å². The van der Waals surface area contributed by atoms with Crippen molar-refractivity contribution in [3.05, 3.63) is 47.4 Å². The number of carbonyl (C=O) groups excluding carboxylic acids is 1. The standard InChI is InChI=1S/C16H19FN2O3/c1-10(14-18-15(19-22-14)16(2,3)4)21-13(20)9-11-5-7-12(17)8-6-11/h5-8,10H,9H2,1-4H3. The summed E-state index contributed by atoms with van der Waals surface area (Å²) >= 11 is 0. The van der Waals surface area contributed by atoms with Gasteiger partial charge in [0, 0.05) is 5.41 Å². The van der Waals surface area contributed by atoms with Gasteiger partial charge in [0.15, 0.2) is 11.9 Å². The third kappa shape index (κ3) is 4.13. The second kappa shape index (κ2) is 6.25. The van der Waals surface area contributed by atoms with E-state index in [0.29, 0.717) is 11.4 Å². The largest absolute Gasteiger partial charge is 0.452 e. The second-order valence-corrected chi connectivity index (χ2v) is 6.14. The first-order chi connectivity index (χ1) is 10.3. The summed E-state index contributed by atoms with van der Waals surface area (Å²) in [6, 6.07) is 5.71. The van der Waals surface area contributed by atoms with Crippen LogP contribution in [0.5, 0.6) is 0 Å². The Morgan fingerprint density at radius 1 is 1.32 bits per heavy atom. The molecule has 0 aliphatic rings. The SMILES string of the molecule is CC(OC(=O)Cc1ccc(F)cc1)c1nc(C(C)(C)C)no1. The molecule has 0 N–H and O–H groups in total. The third-order valence-corrected chi connectivity index (χ3v) is 3.03. The van der Waals surface area contributed by atoms with Crippen molar-refractivity contribution in [2.24, 2.45) is 0 Å². The topological polar surface area (TPSA) is 65.2 Å². The van der Waals surface area contributed by atoms with Gasteiger partial charge in [-0.2, -0.15) is 4.98 Å². The molecule has 0 bridgehead atoms. The molecule has 6 heteroatoms. The highest BCUT2D eigenvalue weighted by Gasteiger charge is 2.24. The average Bonchev–Trinajstić information content (AvgIpc) is 2.91. The molecule has 1 aromatic heterocycles. The minimum atomic E-state index is -0.628. The number of ether oxygens (including phenoxy) is 1. The molecule has 1 heterocycles. The van der Waals surface area contributed by atoms with Crippen molar-refractivity contribution in [2.75, 3.05) is 0 Å². The number of halogens is 1. The van der Waals surface area contributed by atoms with Crippen molar-refractivity contribution >= 4 is 5.97 Å². The summed E-state index contributed by atoms with van der Waals surface area (Å²) in [6.45, 7) is 7.56. The fourth-order valence-corrected chi connectivity index (χ4v) is 1.76. The molecule has 5 nitrogen and oxygen atoms in total. The first-order valence-electron chi connectivity index (χ1n) is 7.03. The van der Waals surface area contributed by atoms with Gasteiger partial charge in [-0.3, -0.25) is 4.79 Å². The van der Waals surface area contributed by atoms with Gasteiger partial charge in [-0.05, 0) is 24.6 Å². The van der Waals surface area contributed by atoms with E-state index in [4.69, 9.17) is 9.26 Å². The Balaban J connectivity index is 1.96. The lowest BCUT2D eigenvalue weighted by Gasteiger charge is -2.11. The molecule has 1 aromatic carbocycles. The van der Waals surface area contributed by atoms with Crippen molar-refractivity contribution in [2.45, 2.75) is 45.6 Å². The molecular formula is C16H19FN2O3. The van der Waals surface area contributed by atoms with Gasteiger partial charge in [-0.25, -0.2) is 4.39 Å². The highest BCUT2D eigenvalue weighted by Crippen LogP contribution is 2.22. The highest BCUT2D eigenvalue weighted by atomic mass is 19.1. The Morgan fingerprint density at radius 3 is 2.50 bits per heavy atom. The van der Waals surface area contributed by atoms with Gasteiger partial charge in [0.2, 0.25) is 0 Å². The van der Waals surface area contributed by atoms with Crippen molar-refractivity contribution in [3.63, 3.8) is 0 Å². The summed E-state index contributed by atoms with van der Waals surface area (Å²) in [6.07, 6.45) is -0.568. The Kier molecular flexibility index (Phi) is 4.59. The molecule has 0 saturated heterocycles. The molecule has 2 rings (SSSR count). The quantitative estimate of drug-likeness (QED) is 0.810. The van der Waals surface area contributed by atoms with Crippen LogP contribution in [0.2, 0.25) is 0 Å². The Morgan fingerprint density at radius 2 is 1.95 bits per heavy atom. The van der Waals surface area contributed by atoms with Crippen LogP contribution in [-0.4, -0.2) is 16.1 Å². The molecule has 0 saturated carbocycles. The zero-order chi connectivity index (χ0) is 16.3. The summed E-state index contributed by atoms with van der Waals surface area (Å²) in [5.41, 5.74) is 0.444. The van der Waals surface area contributed by atoms with Crippen LogP contribution in [-0.2, 0) is 21.4 Å². The molecule has 22 heavy (non-hydrogen) atoms. The number of carbonyl (C=O) groups is 1. The lowest BCUT2D eigenvalue weighted by molar-refractivity contribution is -0.148.